The summed E-state index contributed by atoms with van der Waals surface area (Å²) < 4.78 is 4.92. The molecule has 1 saturated heterocycles. The summed E-state index contributed by atoms with van der Waals surface area (Å²) in [6, 6.07) is 1.96. The Kier molecular flexibility index (Phi) is 3.62. The van der Waals surface area contributed by atoms with E-state index < -0.39 is 0 Å². The summed E-state index contributed by atoms with van der Waals surface area (Å²) in [5, 5.41) is 3.31. The molecule has 1 aromatic rings. The van der Waals surface area contributed by atoms with E-state index in [1.165, 1.54) is 7.11 Å². The number of H-pyrrole nitrogens is 1. The van der Waals surface area contributed by atoms with Crippen LogP contribution in [0.25, 0.3) is 0 Å². The van der Waals surface area contributed by atoms with Gasteiger partial charge in [-0.3, -0.25) is 4.79 Å². The van der Waals surface area contributed by atoms with Gasteiger partial charge in [0.25, 0.3) is 0 Å². The molecule has 0 aliphatic carbocycles. The second-order valence-corrected chi connectivity index (χ2v) is 4.23. The SMILES string of the molecule is COC(=O)C(c1cc[nH]c1)C1CCNCC1. The van der Waals surface area contributed by atoms with Crippen molar-refractivity contribution < 1.29 is 9.53 Å². The molecule has 2 N–H and O–H groups in total. The van der Waals surface area contributed by atoms with Crippen LogP contribution in [-0.4, -0.2) is 31.2 Å². The Hall–Kier alpha value is -1.29. The molecule has 4 nitrogen and oxygen atoms in total. The summed E-state index contributed by atoms with van der Waals surface area (Å²) in [4.78, 5) is 14.9. The molecule has 1 atom stereocenters. The highest BCUT2D eigenvalue weighted by Gasteiger charge is 2.31. The predicted octanol–water partition coefficient (Wildman–Crippen LogP) is 1.27. The van der Waals surface area contributed by atoms with E-state index in [0.29, 0.717) is 5.92 Å². The van der Waals surface area contributed by atoms with Crippen molar-refractivity contribution in [2.45, 2.75) is 18.8 Å². The molecule has 1 fully saturated rings. The monoisotopic (exact) mass is 222 g/mol. The fraction of sp³-hybridized carbons (Fsp3) is 0.583. The molecule has 0 bridgehead atoms. The number of aromatic amines is 1. The molecule has 0 saturated carbocycles. The fourth-order valence-electron chi connectivity index (χ4n) is 2.44. The third kappa shape index (κ3) is 2.27. The maximum Gasteiger partial charge on any atom is 0.313 e. The molecule has 1 unspecified atom stereocenters. The van der Waals surface area contributed by atoms with E-state index in [1.807, 2.05) is 18.5 Å². The Morgan fingerprint density at radius 3 is 2.81 bits per heavy atom. The number of rotatable bonds is 3. The number of ether oxygens (including phenoxy) is 1. The van der Waals surface area contributed by atoms with Crippen molar-refractivity contribution >= 4 is 5.97 Å². The second kappa shape index (κ2) is 5.16. The highest BCUT2D eigenvalue weighted by Crippen LogP contribution is 2.31. The Morgan fingerprint density at radius 2 is 2.25 bits per heavy atom. The lowest BCUT2D eigenvalue weighted by atomic mass is 9.81. The molecular weight excluding hydrogens is 204 g/mol. The van der Waals surface area contributed by atoms with E-state index in [-0.39, 0.29) is 11.9 Å². The van der Waals surface area contributed by atoms with Gasteiger partial charge in [-0.1, -0.05) is 0 Å². The van der Waals surface area contributed by atoms with Crippen molar-refractivity contribution in [3.63, 3.8) is 0 Å². The third-order valence-corrected chi connectivity index (χ3v) is 3.29. The largest absolute Gasteiger partial charge is 0.469 e. The molecule has 88 valence electrons. The van der Waals surface area contributed by atoms with Crippen molar-refractivity contribution in [1.29, 1.82) is 0 Å². The summed E-state index contributed by atoms with van der Waals surface area (Å²) in [5.74, 6) is 0.161. The van der Waals surface area contributed by atoms with Gasteiger partial charge >= 0.3 is 5.97 Å². The molecule has 4 heteroatoms. The maximum absolute atomic E-state index is 11.9. The minimum absolute atomic E-state index is 0.113. The molecule has 16 heavy (non-hydrogen) atoms. The number of hydrogen-bond acceptors (Lipinski definition) is 3. The lowest BCUT2D eigenvalue weighted by molar-refractivity contribution is -0.144. The zero-order valence-corrected chi connectivity index (χ0v) is 9.53. The van der Waals surface area contributed by atoms with Gasteiger partial charge in [0.05, 0.1) is 13.0 Å². The first-order valence-corrected chi connectivity index (χ1v) is 5.74. The number of carbonyl (C=O) groups excluding carboxylic acids is 1. The van der Waals surface area contributed by atoms with Crippen LogP contribution < -0.4 is 5.32 Å². The standard InChI is InChI=1S/C12H18N2O2/c1-16-12(15)11(10-4-7-14-8-10)9-2-5-13-6-3-9/h4,7-9,11,13-14H,2-3,5-6H2,1H3. The van der Waals surface area contributed by atoms with Gasteiger partial charge in [0.2, 0.25) is 0 Å². The van der Waals surface area contributed by atoms with Crippen LogP contribution in [0.15, 0.2) is 18.5 Å². The summed E-state index contributed by atoms with van der Waals surface area (Å²) in [7, 11) is 1.46. The highest BCUT2D eigenvalue weighted by molar-refractivity contribution is 5.78. The average molecular weight is 222 g/mol. The lowest BCUT2D eigenvalue weighted by Crippen LogP contribution is -2.33. The first-order valence-electron chi connectivity index (χ1n) is 5.74. The molecular formula is C12H18N2O2. The Morgan fingerprint density at radius 1 is 1.50 bits per heavy atom. The third-order valence-electron chi connectivity index (χ3n) is 3.29. The Labute approximate surface area is 95.4 Å². The molecule has 0 spiro atoms. The Bertz CT molecular complexity index is 329. The number of piperidine rings is 1. The van der Waals surface area contributed by atoms with Crippen molar-refractivity contribution in [2.75, 3.05) is 20.2 Å². The molecule has 2 rings (SSSR count). The molecule has 1 aromatic heterocycles. The van der Waals surface area contributed by atoms with Gasteiger partial charge < -0.3 is 15.0 Å². The predicted molar refractivity (Wildman–Crippen MR) is 61.1 cm³/mol. The van der Waals surface area contributed by atoms with Crippen LogP contribution in [0.5, 0.6) is 0 Å². The van der Waals surface area contributed by atoms with E-state index >= 15 is 0 Å². The maximum atomic E-state index is 11.9. The van der Waals surface area contributed by atoms with Crippen LogP contribution in [-0.2, 0) is 9.53 Å². The van der Waals surface area contributed by atoms with E-state index in [4.69, 9.17) is 4.74 Å². The van der Waals surface area contributed by atoms with Gasteiger partial charge in [0, 0.05) is 12.4 Å². The normalized spacial score (nSPS) is 19.3. The van der Waals surface area contributed by atoms with Crippen LogP contribution in [0.1, 0.15) is 24.3 Å². The quantitative estimate of drug-likeness (QED) is 0.757. The minimum atomic E-state index is -0.119. The fourth-order valence-corrected chi connectivity index (χ4v) is 2.44. The lowest BCUT2D eigenvalue weighted by Gasteiger charge is -2.28. The molecule has 0 aromatic carbocycles. The number of nitrogens with one attached hydrogen (secondary N) is 2. The van der Waals surface area contributed by atoms with E-state index in [9.17, 15) is 4.79 Å². The molecule has 0 radical (unpaired) electrons. The summed E-state index contributed by atoms with van der Waals surface area (Å²) in [5.41, 5.74) is 1.04. The number of carbonyl (C=O) groups is 1. The first-order chi connectivity index (χ1) is 7.83. The minimum Gasteiger partial charge on any atom is -0.469 e. The van der Waals surface area contributed by atoms with Gasteiger partial charge in [-0.2, -0.15) is 0 Å². The van der Waals surface area contributed by atoms with Gasteiger partial charge in [0.1, 0.15) is 0 Å². The van der Waals surface area contributed by atoms with Crippen LogP contribution in [0.4, 0.5) is 0 Å². The Balaban J connectivity index is 2.17. The van der Waals surface area contributed by atoms with E-state index in [2.05, 4.69) is 10.3 Å². The van der Waals surface area contributed by atoms with Gasteiger partial charge in [-0.15, -0.1) is 0 Å². The number of hydrogen-bond donors (Lipinski definition) is 2. The average Bonchev–Trinajstić information content (AvgIpc) is 2.84. The van der Waals surface area contributed by atoms with Crippen LogP contribution in [0.3, 0.4) is 0 Å². The molecule has 0 amide bonds. The zero-order valence-electron chi connectivity index (χ0n) is 9.53. The van der Waals surface area contributed by atoms with E-state index in [0.717, 1.165) is 31.5 Å². The number of aromatic nitrogens is 1. The van der Waals surface area contributed by atoms with Crippen molar-refractivity contribution in [3.05, 3.63) is 24.0 Å². The van der Waals surface area contributed by atoms with Gasteiger partial charge in [-0.25, -0.2) is 0 Å². The second-order valence-electron chi connectivity index (χ2n) is 4.23. The molecule has 1 aliphatic rings. The van der Waals surface area contributed by atoms with Crippen LogP contribution in [0.2, 0.25) is 0 Å². The molecule has 1 aliphatic heterocycles. The van der Waals surface area contributed by atoms with Crippen LogP contribution >= 0.6 is 0 Å². The summed E-state index contributed by atoms with van der Waals surface area (Å²) >= 11 is 0. The molecule has 2 heterocycles. The van der Waals surface area contributed by atoms with E-state index in [1.54, 1.807) is 0 Å². The highest BCUT2D eigenvalue weighted by atomic mass is 16.5. The van der Waals surface area contributed by atoms with Crippen LogP contribution in [0, 0.1) is 5.92 Å². The summed E-state index contributed by atoms with van der Waals surface area (Å²) in [6.07, 6.45) is 5.81. The van der Waals surface area contributed by atoms with Gasteiger partial charge in [0.15, 0.2) is 0 Å². The number of esters is 1. The number of methoxy groups -OCH3 is 1. The van der Waals surface area contributed by atoms with Gasteiger partial charge in [-0.05, 0) is 43.5 Å². The smallest absolute Gasteiger partial charge is 0.313 e. The van der Waals surface area contributed by atoms with Crippen molar-refractivity contribution in [2.24, 2.45) is 5.92 Å². The zero-order chi connectivity index (χ0) is 11.4. The first kappa shape index (κ1) is 11.2. The van der Waals surface area contributed by atoms with Crippen molar-refractivity contribution in [3.8, 4) is 0 Å². The summed E-state index contributed by atoms with van der Waals surface area (Å²) in [6.45, 7) is 1.98. The van der Waals surface area contributed by atoms with Crippen molar-refractivity contribution in [1.82, 2.24) is 10.3 Å². The topological polar surface area (TPSA) is 54.1 Å².